The number of aromatic hydroxyl groups is 1. The summed E-state index contributed by atoms with van der Waals surface area (Å²) in [7, 11) is 0. The fourth-order valence-corrected chi connectivity index (χ4v) is 2.03. The molecule has 0 atom stereocenters. The Labute approximate surface area is 115 Å². The van der Waals surface area contributed by atoms with Crippen LogP contribution in [0.1, 0.15) is 0 Å². The van der Waals surface area contributed by atoms with Gasteiger partial charge in [-0.3, -0.25) is 0 Å². The van der Waals surface area contributed by atoms with Gasteiger partial charge in [0.2, 0.25) is 0 Å². The summed E-state index contributed by atoms with van der Waals surface area (Å²) in [4.78, 5) is 0. The third-order valence-electron chi connectivity index (χ3n) is 2.80. The fraction of sp³-hybridized carbons (Fsp3) is 0. The maximum Gasteiger partial charge on any atom is 0.167 e. The van der Waals surface area contributed by atoms with Gasteiger partial charge in [-0.2, -0.15) is 0 Å². The van der Waals surface area contributed by atoms with Gasteiger partial charge in [0.15, 0.2) is 5.76 Å². The lowest BCUT2D eigenvalue weighted by Gasteiger charge is -2.00. The highest BCUT2D eigenvalue weighted by Gasteiger charge is 2.12. The predicted molar refractivity (Wildman–Crippen MR) is 74.0 cm³/mol. The predicted octanol–water partition coefficient (Wildman–Crippen LogP) is 4.37. The van der Waals surface area contributed by atoms with Gasteiger partial charge in [-0.15, -0.1) is 0 Å². The van der Waals surface area contributed by atoms with Gasteiger partial charge in [0.1, 0.15) is 11.4 Å². The molecule has 0 unspecified atom stereocenters. The summed E-state index contributed by atoms with van der Waals surface area (Å²) in [6.45, 7) is 0. The summed E-state index contributed by atoms with van der Waals surface area (Å²) in [5.41, 5.74) is 2.04. The van der Waals surface area contributed by atoms with E-state index in [0.717, 1.165) is 5.56 Å². The number of hydrogen-bond donors (Lipinski definition) is 1. The summed E-state index contributed by atoms with van der Waals surface area (Å²) >= 11 is 5.92. The van der Waals surface area contributed by atoms with Crippen molar-refractivity contribution >= 4 is 11.6 Å². The van der Waals surface area contributed by atoms with Gasteiger partial charge in [0.05, 0.1) is 0 Å². The zero-order chi connectivity index (χ0) is 13.2. The Bertz CT molecular complexity index is 707. The van der Waals surface area contributed by atoms with Crippen LogP contribution in [0.4, 0.5) is 0 Å². The first-order valence-corrected chi connectivity index (χ1v) is 6.13. The molecule has 0 saturated carbocycles. The lowest BCUT2D eigenvalue weighted by Crippen LogP contribution is -1.78. The number of benzene rings is 2. The Morgan fingerprint density at radius 3 is 2.58 bits per heavy atom. The van der Waals surface area contributed by atoms with E-state index >= 15 is 0 Å². The Kier molecular flexibility index (Phi) is 2.97. The lowest BCUT2D eigenvalue weighted by molar-refractivity contribution is 0.433. The fourth-order valence-electron chi connectivity index (χ4n) is 1.85. The van der Waals surface area contributed by atoms with Crippen LogP contribution < -0.4 is 0 Å². The second-order valence-corrected chi connectivity index (χ2v) is 4.54. The molecule has 4 heteroatoms. The van der Waals surface area contributed by atoms with Gasteiger partial charge in [-0.25, -0.2) is 0 Å². The third kappa shape index (κ3) is 2.33. The van der Waals surface area contributed by atoms with Gasteiger partial charge < -0.3 is 9.63 Å². The molecule has 0 fully saturated rings. The van der Waals surface area contributed by atoms with Crippen molar-refractivity contribution in [3.8, 4) is 28.3 Å². The summed E-state index contributed by atoms with van der Waals surface area (Å²) < 4.78 is 5.30. The standard InChI is InChI=1S/C15H10ClNO2/c16-11-6-7-14(18)12(8-11)13-9-15(19-17-13)10-4-2-1-3-5-10/h1-9,18H. The van der Waals surface area contributed by atoms with Crippen LogP contribution in [0, 0.1) is 0 Å². The molecule has 0 aliphatic carbocycles. The van der Waals surface area contributed by atoms with Gasteiger partial charge in [0.25, 0.3) is 0 Å². The van der Waals surface area contributed by atoms with Crippen LogP contribution in [0.2, 0.25) is 5.02 Å². The minimum absolute atomic E-state index is 0.123. The van der Waals surface area contributed by atoms with Crippen molar-refractivity contribution in [3.05, 3.63) is 59.6 Å². The molecule has 1 heterocycles. The molecule has 2 aromatic carbocycles. The van der Waals surface area contributed by atoms with E-state index in [2.05, 4.69) is 5.16 Å². The number of rotatable bonds is 2. The lowest BCUT2D eigenvalue weighted by atomic mass is 10.1. The van der Waals surface area contributed by atoms with Crippen molar-refractivity contribution in [3.63, 3.8) is 0 Å². The highest BCUT2D eigenvalue weighted by molar-refractivity contribution is 6.30. The number of aromatic nitrogens is 1. The summed E-state index contributed by atoms with van der Waals surface area (Å²) in [6, 6.07) is 16.2. The number of halogens is 1. The largest absolute Gasteiger partial charge is 0.507 e. The Hall–Kier alpha value is -2.26. The number of phenolic OH excluding ortho intramolecular Hbond substituents is 1. The van der Waals surface area contributed by atoms with Crippen molar-refractivity contribution in [1.82, 2.24) is 5.16 Å². The number of nitrogens with zero attached hydrogens (tertiary/aromatic N) is 1. The van der Waals surface area contributed by atoms with Crippen LogP contribution in [-0.4, -0.2) is 10.3 Å². The van der Waals surface area contributed by atoms with Gasteiger partial charge in [0, 0.05) is 22.2 Å². The van der Waals surface area contributed by atoms with Crippen molar-refractivity contribution in [1.29, 1.82) is 0 Å². The topological polar surface area (TPSA) is 46.3 Å². The zero-order valence-electron chi connectivity index (χ0n) is 9.88. The summed E-state index contributed by atoms with van der Waals surface area (Å²) in [6.07, 6.45) is 0. The Morgan fingerprint density at radius 1 is 1.00 bits per heavy atom. The maximum atomic E-state index is 9.83. The van der Waals surface area contributed by atoms with E-state index in [1.165, 1.54) is 6.07 Å². The van der Waals surface area contributed by atoms with Crippen LogP contribution in [0.3, 0.4) is 0 Å². The molecule has 1 aromatic heterocycles. The first-order chi connectivity index (χ1) is 9.24. The van der Waals surface area contributed by atoms with Gasteiger partial charge in [-0.1, -0.05) is 47.1 Å². The first kappa shape index (κ1) is 11.8. The van der Waals surface area contributed by atoms with Crippen molar-refractivity contribution in [2.75, 3.05) is 0 Å². The van der Waals surface area contributed by atoms with E-state index in [-0.39, 0.29) is 5.75 Å². The molecule has 0 radical (unpaired) electrons. The second-order valence-electron chi connectivity index (χ2n) is 4.10. The van der Waals surface area contributed by atoms with E-state index in [9.17, 15) is 5.11 Å². The zero-order valence-corrected chi connectivity index (χ0v) is 10.6. The van der Waals surface area contributed by atoms with E-state index in [0.29, 0.717) is 22.0 Å². The molecule has 0 saturated heterocycles. The molecule has 0 spiro atoms. The molecule has 1 N–H and O–H groups in total. The minimum Gasteiger partial charge on any atom is -0.507 e. The van der Waals surface area contributed by atoms with E-state index in [4.69, 9.17) is 16.1 Å². The highest BCUT2D eigenvalue weighted by Crippen LogP contribution is 2.33. The third-order valence-corrected chi connectivity index (χ3v) is 3.04. The SMILES string of the molecule is Oc1ccc(Cl)cc1-c1cc(-c2ccccc2)on1. The van der Waals surface area contributed by atoms with Gasteiger partial charge >= 0.3 is 0 Å². The number of hydrogen-bond acceptors (Lipinski definition) is 3. The van der Waals surface area contributed by atoms with Crippen molar-refractivity contribution in [2.24, 2.45) is 0 Å². The Balaban J connectivity index is 2.04. The average Bonchev–Trinajstić information content (AvgIpc) is 2.92. The van der Waals surface area contributed by atoms with Crippen LogP contribution in [-0.2, 0) is 0 Å². The molecule has 3 aromatic rings. The van der Waals surface area contributed by atoms with Crippen LogP contribution in [0.25, 0.3) is 22.6 Å². The normalized spacial score (nSPS) is 10.6. The average molecular weight is 272 g/mol. The molecular formula is C15H10ClNO2. The molecule has 0 aliphatic heterocycles. The smallest absolute Gasteiger partial charge is 0.167 e. The van der Waals surface area contributed by atoms with Crippen LogP contribution >= 0.6 is 11.6 Å². The maximum absolute atomic E-state index is 9.83. The summed E-state index contributed by atoms with van der Waals surface area (Å²) in [5, 5.41) is 14.3. The number of phenols is 1. The molecule has 0 aliphatic rings. The van der Waals surface area contributed by atoms with E-state index in [1.807, 2.05) is 30.3 Å². The van der Waals surface area contributed by atoms with Crippen LogP contribution in [0.15, 0.2) is 59.1 Å². The van der Waals surface area contributed by atoms with Crippen molar-refractivity contribution < 1.29 is 9.63 Å². The molecule has 3 nitrogen and oxygen atoms in total. The van der Waals surface area contributed by atoms with E-state index < -0.39 is 0 Å². The van der Waals surface area contributed by atoms with Gasteiger partial charge in [-0.05, 0) is 18.2 Å². The van der Waals surface area contributed by atoms with E-state index in [1.54, 1.807) is 18.2 Å². The Morgan fingerprint density at radius 2 is 1.79 bits per heavy atom. The molecule has 94 valence electrons. The molecular weight excluding hydrogens is 262 g/mol. The monoisotopic (exact) mass is 271 g/mol. The highest BCUT2D eigenvalue weighted by atomic mass is 35.5. The summed E-state index contributed by atoms with van der Waals surface area (Å²) in [5.74, 6) is 0.771. The minimum atomic E-state index is 0.123. The van der Waals surface area contributed by atoms with Crippen molar-refractivity contribution in [2.45, 2.75) is 0 Å². The second kappa shape index (κ2) is 4.78. The first-order valence-electron chi connectivity index (χ1n) is 5.75. The molecule has 0 amide bonds. The molecule has 19 heavy (non-hydrogen) atoms. The van der Waals surface area contributed by atoms with Crippen LogP contribution in [0.5, 0.6) is 5.75 Å². The quantitative estimate of drug-likeness (QED) is 0.753. The molecule has 3 rings (SSSR count). The molecule has 0 bridgehead atoms.